The predicted molar refractivity (Wildman–Crippen MR) is 96.8 cm³/mol. The average Bonchev–Trinajstić information content (AvgIpc) is 2.99. The number of likely N-dealkylation sites (N-methyl/N-ethyl adjacent to an activating group) is 1. The highest BCUT2D eigenvalue weighted by Crippen LogP contribution is 2.39. The van der Waals surface area contributed by atoms with Crippen LogP contribution in [0.1, 0.15) is 16.7 Å². The van der Waals surface area contributed by atoms with Gasteiger partial charge in [-0.3, -0.25) is 0 Å². The molecule has 0 radical (unpaired) electrons. The third-order valence-corrected chi connectivity index (χ3v) is 4.69. The van der Waals surface area contributed by atoms with Crippen LogP contribution in [0.5, 0.6) is 5.75 Å². The summed E-state index contributed by atoms with van der Waals surface area (Å²) in [7, 11) is 3.94. The van der Waals surface area contributed by atoms with Gasteiger partial charge < -0.3 is 14.5 Å². The van der Waals surface area contributed by atoms with E-state index in [-0.39, 0.29) is 5.02 Å². The molecule has 0 amide bonds. The molecule has 0 fully saturated rings. The third-order valence-electron chi connectivity index (χ3n) is 4.36. The molecule has 0 spiro atoms. The van der Waals surface area contributed by atoms with Crippen LogP contribution in [0.4, 0.5) is 18.9 Å². The number of halogens is 4. The molecular weight excluding hydrogens is 365 g/mol. The molecule has 3 nitrogen and oxygen atoms in total. The largest absolute Gasteiger partial charge is 0.492 e. The van der Waals surface area contributed by atoms with E-state index in [0.717, 1.165) is 29.5 Å². The van der Waals surface area contributed by atoms with E-state index in [0.29, 0.717) is 25.4 Å². The minimum atomic E-state index is -4.47. The minimum absolute atomic E-state index is 0.286. The number of hydrogen-bond donors (Lipinski definition) is 0. The molecule has 0 N–H and O–H groups in total. The smallest absolute Gasteiger partial charge is 0.417 e. The highest BCUT2D eigenvalue weighted by Gasteiger charge is 2.34. The van der Waals surface area contributed by atoms with Gasteiger partial charge in [0.05, 0.1) is 10.6 Å². The molecule has 3 rings (SSSR count). The quantitative estimate of drug-likeness (QED) is 0.735. The number of alkyl halides is 3. The zero-order chi connectivity index (χ0) is 18.9. The average molecular weight is 385 g/mol. The van der Waals surface area contributed by atoms with Gasteiger partial charge in [-0.25, -0.2) is 0 Å². The Morgan fingerprint density at radius 3 is 2.62 bits per heavy atom. The number of nitrogens with zero attached hydrogens (tertiary/aromatic N) is 2. The summed E-state index contributed by atoms with van der Waals surface area (Å²) in [6.07, 6.45) is -4.47. The van der Waals surface area contributed by atoms with Gasteiger partial charge in [-0.1, -0.05) is 23.7 Å². The normalized spacial score (nSPS) is 14.0. The Morgan fingerprint density at radius 1 is 1.15 bits per heavy atom. The van der Waals surface area contributed by atoms with Gasteiger partial charge in [-0.05, 0) is 43.9 Å². The molecule has 1 heterocycles. The van der Waals surface area contributed by atoms with Crippen molar-refractivity contribution >= 4 is 17.3 Å². The molecule has 2 aromatic carbocycles. The van der Waals surface area contributed by atoms with Crippen molar-refractivity contribution in [2.75, 3.05) is 32.1 Å². The van der Waals surface area contributed by atoms with Gasteiger partial charge in [0.15, 0.2) is 0 Å². The molecule has 0 aliphatic carbocycles. The van der Waals surface area contributed by atoms with Crippen LogP contribution in [-0.2, 0) is 19.3 Å². The minimum Gasteiger partial charge on any atom is -0.492 e. The summed E-state index contributed by atoms with van der Waals surface area (Å²) in [5.74, 6) is 0.789. The summed E-state index contributed by atoms with van der Waals surface area (Å²) in [5, 5.41) is -0.286. The Kier molecular flexibility index (Phi) is 5.34. The molecule has 0 atom stereocenters. The maximum atomic E-state index is 13.1. The van der Waals surface area contributed by atoms with Crippen LogP contribution in [0.25, 0.3) is 0 Å². The van der Waals surface area contributed by atoms with Crippen LogP contribution in [0.2, 0.25) is 5.02 Å². The van der Waals surface area contributed by atoms with E-state index in [4.69, 9.17) is 16.3 Å². The fourth-order valence-electron chi connectivity index (χ4n) is 2.97. The zero-order valence-electron chi connectivity index (χ0n) is 14.6. The van der Waals surface area contributed by atoms with Gasteiger partial charge in [0.1, 0.15) is 12.4 Å². The molecule has 0 bridgehead atoms. The van der Waals surface area contributed by atoms with Crippen molar-refractivity contribution in [3.8, 4) is 5.75 Å². The summed E-state index contributed by atoms with van der Waals surface area (Å²) in [4.78, 5) is 3.93. The molecule has 0 saturated heterocycles. The van der Waals surface area contributed by atoms with Crippen LogP contribution in [0, 0.1) is 0 Å². The highest BCUT2D eigenvalue weighted by molar-refractivity contribution is 6.31. The first kappa shape index (κ1) is 18.9. The van der Waals surface area contributed by atoms with Crippen molar-refractivity contribution < 1.29 is 17.9 Å². The van der Waals surface area contributed by atoms with Gasteiger partial charge >= 0.3 is 6.18 Å². The molecule has 1 aliphatic rings. The van der Waals surface area contributed by atoms with Crippen molar-refractivity contribution in [3.63, 3.8) is 0 Å². The van der Waals surface area contributed by atoms with Gasteiger partial charge in [0, 0.05) is 30.9 Å². The first-order valence-electron chi connectivity index (χ1n) is 8.25. The fourth-order valence-corrected chi connectivity index (χ4v) is 3.20. The van der Waals surface area contributed by atoms with Crippen molar-refractivity contribution in [2.45, 2.75) is 19.3 Å². The zero-order valence-corrected chi connectivity index (χ0v) is 15.4. The van der Waals surface area contributed by atoms with Crippen molar-refractivity contribution in [3.05, 3.63) is 58.1 Å². The fraction of sp³-hybridized carbons (Fsp3) is 0.368. The summed E-state index contributed by atoms with van der Waals surface area (Å²) >= 11 is 5.72. The lowest BCUT2D eigenvalue weighted by molar-refractivity contribution is -0.137. The first-order chi connectivity index (χ1) is 12.3. The van der Waals surface area contributed by atoms with E-state index >= 15 is 0 Å². The lowest BCUT2D eigenvalue weighted by Gasteiger charge is -2.20. The van der Waals surface area contributed by atoms with E-state index in [1.54, 1.807) is 6.07 Å². The molecule has 0 saturated carbocycles. The molecule has 7 heteroatoms. The lowest BCUT2D eigenvalue weighted by atomic mass is 10.1. The maximum Gasteiger partial charge on any atom is 0.417 e. The number of ether oxygens (including phenoxy) is 1. The number of benzene rings is 2. The lowest BCUT2D eigenvalue weighted by Crippen LogP contribution is -2.20. The highest BCUT2D eigenvalue weighted by atomic mass is 35.5. The Labute approximate surface area is 155 Å². The van der Waals surface area contributed by atoms with E-state index < -0.39 is 11.7 Å². The van der Waals surface area contributed by atoms with E-state index in [2.05, 4.69) is 0 Å². The molecule has 1 aliphatic heterocycles. The summed E-state index contributed by atoms with van der Waals surface area (Å²) < 4.78 is 45.2. The molecular formula is C19H20ClF3N2O. The molecule has 0 aromatic heterocycles. The second kappa shape index (κ2) is 7.37. The predicted octanol–water partition coefficient (Wildman–Crippen LogP) is 4.82. The molecule has 140 valence electrons. The maximum absolute atomic E-state index is 13.1. The molecule has 26 heavy (non-hydrogen) atoms. The monoisotopic (exact) mass is 384 g/mol. The van der Waals surface area contributed by atoms with E-state index in [9.17, 15) is 13.2 Å². The van der Waals surface area contributed by atoms with Crippen LogP contribution in [0.15, 0.2) is 36.4 Å². The van der Waals surface area contributed by atoms with Crippen LogP contribution < -0.4 is 9.64 Å². The van der Waals surface area contributed by atoms with Crippen LogP contribution >= 0.6 is 11.6 Å². The Morgan fingerprint density at radius 2 is 1.92 bits per heavy atom. The van der Waals surface area contributed by atoms with Gasteiger partial charge in [0.25, 0.3) is 0 Å². The summed E-state index contributed by atoms with van der Waals surface area (Å²) in [6, 6.07) is 9.83. The van der Waals surface area contributed by atoms with Crippen molar-refractivity contribution in [2.24, 2.45) is 0 Å². The standard InChI is InChI=1S/C19H20ClF3N2O/c1-24(2)8-9-26-18-5-3-4-13-11-25(12-15(13)18)14-6-7-17(20)16(10-14)19(21,22)23/h3-7,10H,8-9,11-12H2,1-2H3. The topological polar surface area (TPSA) is 15.7 Å². The molecule has 0 unspecified atom stereocenters. The third kappa shape index (κ3) is 4.07. The SMILES string of the molecule is CN(C)CCOc1cccc2c1CN(c1ccc(Cl)c(C(F)(F)F)c1)C2. The summed E-state index contributed by atoms with van der Waals surface area (Å²) in [5.41, 5.74) is 1.78. The Hall–Kier alpha value is -1.92. The number of anilines is 1. The van der Waals surface area contributed by atoms with E-state index in [1.807, 2.05) is 42.1 Å². The van der Waals surface area contributed by atoms with Gasteiger partial charge in [0.2, 0.25) is 0 Å². The Bertz CT molecular complexity index is 793. The summed E-state index contributed by atoms with van der Waals surface area (Å²) in [6.45, 7) is 2.40. The van der Waals surface area contributed by atoms with Crippen molar-refractivity contribution in [1.29, 1.82) is 0 Å². The first-order valence-corrected chi connectivity index (χ1v) is 8.63. The van der Waals surface area contributed by atoms with Crippen LogP contribution in [0.3, 0.4) is 0 Å². The van der Waals surface area contributed by atoms with Crippen molar-refractivity contribution in [1.82, 2.24) is 4.90 Å². The number of rotatable bonds is 5. The van der Waals surface area contributed by atoms with Crippen LogP contribution in [-0.4, -0.2) is 32.1 Å². The van der Waals surface area contributed by atoms with Gasteiger partial charge in [-0.15, -0.1) is 0 Å². The van der Waals surface area contributed by atoms with Gasteiger partial charge in [-0.2, -0.15) is 13.2 Å². The second-order valence-electron chi connectivity index (χ2n) is 6.56. The van der Waals surface area contributed by atoms with E-state index in [1.165, 1.54) is 6.07 Å². The Balaban J connectivity index is 1.81. The number of fused-ring (bicyclic) bond motifs is 1. The molecule has 2 aromatic rings. The second-order valence-corrected chi connectivity index (χ2v) is 6.97. The number of hydrogen-bond acceptors (Lipinski definition) is 3.